The first-order valence-electron chi connectivity index (χ1n) is 10.8. The highest BCUT2D eigenvalue weighted by Crippen LogP contribution is 2.19. The van der Waals surface area contributed by atoms with Crippen LogP contribution in [0.25, 0.3) is 0 Å². The molecule has 0 radical (unpaired) electrons. The fourth-order valence-corrected chi connectivity index (χ4v) is 3.44. The minimum Gasteiger partial charge on any atom is -0.491 e. The average Bonchev–Trinajstić information content (AvgIpc) is 2.77. The van der Waals surface area contributed by atoms with Crippen LogP contribution in [-0.4, -0.2) is 61.0 Å². The molecule has 2 N–H and O–H groups in total. The summed E-state index contributed by atoms with van der Waals surface area (Å²) in [6.45, 7) is 7.13. The molecule has 0 aromatic heterocycles. The topological polar surface area (TPSA) is 66.3 Å². The summed E-state index contributed by atoms with van der Waals surface area (Å²) in [5.74, 6) is 2.53. The van der Waals surface area contributed by atoms with Gasteiger partial charge in [-0.15, -0.1) is 0 Å². The molecule has 1 atom stereocenters. The van der Waals surface area contributed by atoms with E-state index in [0.717, 1.165) is 55.5 Å². The van der Waals surface area contributed by atoms with Crippen molar-refractivity contribution in [3.05, 3.63) is 60.2 Å². The fourth-order valence-electron chi connectivity index (χ4n) is 3.44. The summed E-state index contributed by atoms with van der Waals surface area (Å²) in [5.41, 5.74) is 1.13. The lowest BCUT2D eigenvalue weighted by atomic mass is 10.1. The molecule has 1 aliphatic heterocycles. The molecule has 0 aliphatic carbocycles. The molecule has 6 nitrogen and oxygen atoms in total. The lowest BCUT2D eigenvalue weighted by Gasteiger charge is -2.34. The normalized spacial score (nSPS) is 16.2. The molecular formula is C24H33N3O3. The minimum absolute atomic E-state index is 0.222. The van der Waals surface area contributed by atoms with Crippen LogP contribution >= 0.6 is 0 Å². The number of aliphatic imine (C=N–C) groups is 1. The van der Waals surface area contributed by atoms with Crippen LogP contribution in [0.1, 0.15) is 25.3 Å². The Kier molecular flexibility index (Phi) is 8.39. The molecule has 6 heteroatoms. The average molecular weight is 412 g/mol. The molecule has 0 bridgehead atoms. The highest BCUT2D eigenvalue weighted by atomic mass is 16.5. The van der Waals surface area contributed by atoms with E-state index < -0.39 is 6.10 Å². The smallest absolute Gasteiger partial charge is 0.194 e. The molecule has 1 saturated heterocycles. The van der Waals surface area contributed by atoms with Crippen LogP contribution in [0, 0.1) is 6.92 Å². The van der Waals surface area contributed by atoms with Gasteiger partial charge in [-0.25, -0.2) is 0 Å². The van der Waals surface area contributed by atoms with Crippen LogP contribution < -0.4 is 14.8 Å². The highest BCUT2D eigenvalue weighted by Gasteiger charge is 2.23. The number of hydrogen-bond acceptors (Lipinski definition) is 4. The first kappa shape index (κ1) is 22.0. The number of aryl methyl sites for hydroxylation is 1. The van der Waals surface area contributed by atoms with Crippen molar-refractivity contribution in [1.29, 1.82) is 0 Å². The Bertz CT molecular complexity index is 789. The van der Waals surface area contributed by atoms with E-state index >= 15 is 0 Å². The van der Waals surface area contributed by atoms with E-state index in [-0.39, 0.29) is 12.7 Å². The number of benzene rings is 2. The Morgan fingerprint density at radius 1 is 1.13 bits per heavy atom. The Balaban J connectivity index is 1.46. The second kappa shape index (κ2) is 11.5. The van der Waals surface area contributed by atoms with Crippen LogP contribution in [0.3, 0.4) is 0 Å². The summed E-state index contributed by atoms with van der Waals surface area (Å²) in [5, 5.41) is 13.6. The third kappa shape index (κ3) is 6.95. The van der Waals surface area contributed by atoms with Crippen LogP contribution in [0.5, 0.6) is 11.5 Å². The minimum atomic E-state index is -0.655. The third-order valence-electron chi connectivity index (χ3n) is 5.01. The molecule has 2 aromatic rings. The fraction of sp³-hybridized carbons (Fsp3) is 0.458. The Morgan fingerprint density at radius 2 is 1.87 bits per heavy atom. The molecule has 30 heavy (non-hydrogen) atoms. The number of nitrogens with zero attached hydrogens (tertiary/aromatic N) is 2. The Morgan fingerprint density at radius 3 is 2.57 bits per heavy atom. The molecule has 1 aliphatic rings. The maximum absolute atomic E-state index is 10.3. The van der Waals surface area contributed by atoms with Crippen LogP contribution in [-0.2, 0) is 0 Å². The van der Waals surface area contributed by atoms with Crippen LogP contribution in [0.15, 0.2) is 59.6 Å². The highest BCUT2D eigenvalue weighted by molar-refractivity contribution is 5.80. The molecule has 2 aromatic carbocycles. The lowest BCUT2D eigenvalue weighted by molar-refractivity contribution is 0.113. The molecular weight excluding hydrogens is 378 g/mol. The van der Waals surface area contributed by atoms with Gasteiger partial charge in [0.15, 0.2) is 5.96 Å². The first-order chi connectivity index (χ1) is 14.6. The van der Waals surface area contributed by atoms with Gasteiger partial charge in [-0.3, -0.25) is 4.99 Å². The van der Waals surface area contributed by atoms with Gasteiger partial charge < -0.3 is 24.8 Å². The Hall–Kier alpha value is -2.73. The predicted octanol–water partition coefficient (Wildman–Crippen LogP) is 3.24. The summed E-state index contributed by atoms with van der Waals surface area (Å²) in [6, 6.07) is 17.8. The monoisotopic (exact) mass is 411 g/mol. The third-order valence-corrected chi connectivity index (χ3v) is 5.01. The second-order valence-electron chi connectivity index (χ2n) is 7.59. The number of ether oxygens (including phenoxy) is 2. The van der Waals surface area contributed by atoms with Gasteiger partial charge in [0.25, 0.3) is 0 Å². The number of guanidine groups is 1. The summed E-state index contributed by atoms with van der Waals surface area (Å²) >= 11 is 0. The molecule has 1 fully saturated rings. The van der Waals surface area contributed by atoms with Gasteiger partial charge in [-0.05, 0) is 43.7 Å². The van der Waals surface area contributed by atoms with Gasteiger partial charge in [0.2, 0.25) is 0 Å². The van der Waals surface area contributed by atoms with Gasteiger partial charge in [0.05, 0.1) is 6.54 Å². The van der Waals surface area contributed by atoms with Crippen molar-refractivity contribution in [3.63, 3.8) is 0 Å². The summed E-state index contributed by atoms with van der Waals surface area (Å²) in [4.78, 5) is 6.88. The van der Waals surface area contributed by atoms with Gasteiger partial charge in [0, 0.05) is 32.5 Å². The van der Waals surface area contributed by atoms with Crippen molar-refractivity contribution in [1.82, 2.24) is 10.2 Å². The summed E-state index contributed by atoms with van der Waals surface area (Å²) < 4.78 is 11.8. The predicted molar refractivity (Wildman–Crippen MR) is 120 cm³/mol. The SMILES string of the molecule is CCNC(=NCC(O)COc1cccc(C)c1)N1CCC(Oc2ccccc2)CC1. The van der Waals surface area contributed by atoms with E-state index in [1.165, 1.54) is 0 Å². The first-order valence-corrected chi connectivity index (χ1v) is 10.8. The zero-order chi connectivity index (χ0) is 21.2. The largest absolute Gasteiger partial charge is 0.491 e. The molecule has 1 heterocycles. The van der Waals surface area contributed by atoms with E-state index in [1.807, 2.05) is 61.5 Å². The number of likely N-dealkylation sites (tertiary alicyclic amines) is 1. The standard InChI is InChI=1S/C24H33N3O3/c1-3-25-24(26-17-20(28)18-29-23-11-7-8-19(2)16-23)27-14-12-22(13-15-27)30-21-9-5-4-6-10-21/h4-11,16,20,22,28H,3,12-15,17-18H2,1-2H3,(H,25,26). The van der Waals surface area contributed by atoms with Crippen molar-refractivity contribution < 1.29 is 14.6 Å². The second-order valence-corrected chi connectivity index (χ2v) is 7.59. The maximum Gasteiger partial charge on any atom is 0.194 e. The van der Waals surface area contributed by atoms with Crippen LogP contribution in [0.4, 0.5) is 0 Å². The molecule has 0 amide bonds. The van der Waals surface area contributed by atoms with E-state index in [9.17, 15) is 5.11 Å². The van der Waals surface area contributed by atoms with E-state index in [1.54, 1.807) is 0 Å². The number of hydrogen-bond donors (Lipinski definition) is 2. The number of nitrogens with one attached hydrogen (secondary N) is 1. The maximum atomic E-state index is 10.3. The number of aliphatic hydroxyl groups excluding tert-OH is 1. The van der Waals surface area contributed by atoms with Crippen molar-refractivity contribution in [2.75, 3.05) is 32.8 Å². The molecule has 0 saturated carbocycles. The molecule has 1 unspecified atom stereocenters. The number of para-hydroxylation sites is 1. The number of rotatable bonds is 8. The Labute approximate surface area is 179 Å². The van der Waals surface area contributed by atoms with Crippen molar-refractivity contribution in [3.8, 4) is 11.5 Å². The van der Waals surface area contributed by atoms with Crippen molar-refractivity contribution >= 4 is 5.96 Å². The van der Waals surface area contributed by atoms with E-state index in [0.29, 0.717) is 6.54 Å². The van der Waals surface area contributed by atoms with Crippen molar-refractivity contribution in [2.45, 2.75) is 38.9 Å². The number of piperidine rings is 1. The molecule has 162 valence electrons. The summed E-state index contributed by atoms with van der Waals surface area (Å²) in [6.07, 6.45) is 1.45. The van der Waals surface area contributed by atoms with E-state index in [4.69, 9.17) is 9.47 Å². The zero-order valence-electron chi connectivity index (χ0n) is 18.0. The molecule has 0 spiro atoms. The van der Waals surface area contributed by atoms with Gasteiger partial charge in [0.1, 0.15) is 30.3 Å². The molecule has 3 rings (SSSR count). The van der Waals surface area contributed by atoms with E-state index in [2.05, 4.69) is 22.1 Å². The van der Waals surface area contributed by atoms with Crippen molar-refractivity contribution in [2.24, 2.45) is 4.99 Å². The van der Waals surface area contributed by atoms with Gasteiger partial charge in [-0.1, -0.05) is 30.3 Å². The zero-order valence-corrected chi connectivity index (χ0v) is 18.0. The number of aliphatic hydroxyl groups is 1. The van der Waals surface area contributed by atoms with Crippen LogP contribution in [0.2, 0.25) is 0 Å². The summed E-state index contributed by atoms with van der Waals surface area (Å²) in [7, 11) is 0. The quantitative estimate of drug-likeness (QED) is 0.516. The lowest BCUT2D eigenvalue weighted by Crippen LogP contribution is -2.47. The van der Waals surface area contributed by atoms with Gasteiger partial charge in [-0.2, -0.15) is 0 Å². The van der Waals surface area contributed by atoms with Gasteiger partial charge >= 0.3 is 0 Å².